The molecule has 19 heavy (non-hydrogen) atoms. The number of aromatic nitrogens is 3. The Hall–Kier alpha value is -0.940. The van der Waals surface area contributed by atoms with Gasteiger partial charge < -0.3 is 4.57 Å². The molecule has 3 heterocycles. The molecule has 102 valence electrons. The average molecular weight is 298 g/mol. The molecule has 1 aliphatic rings. The summed E-state index contributed by atoms with van der Waals surface area (Å²) in [6, 6.07) is 4.16. The van der Waals surface area contributed by atoms with E-state index < -0.39 is 10.8 Å². The molecule has 1 aliphatic heterocycles. The predicted molar refractivity (Wildman–Crippen MR) is 77.9 cm³/mol. The minimum atomic E-state index is -0.661. The summed E-state index contributed by atoms with van der Waals surface area (Å²) in [5, 5.41) is -0.151. The molecule has 0 radical (unpaired) electrons. The molecule has 1 unspecified atom stereocenters. The van der Waals surface area contributed by atoms with Gasteiger partial charge >= 0.3 is 0 Å². The van der Waals surface area contributed by atoms with Gasteiger partial charge in [-0.2, -0.15) is 0 Å². The maximum absolute atomic E-state index is 11.5. The van der Waals surface area contributed by atoms with Crippen LogP contribution in [0.15, 0.2) is 18.3 Å². The maximum Gasteiger partial charge on any atom is 0.160 e. The largest absolute Gasteiger partial charge is 0.308 e. The van der Waals surface area contributed by atoms with Crippen molar-refractivity contribution in [3.8, 4) is 0 Å². The summed E-state index contributed by atoms with van der Waals surface area (Å²) in [6.45, 7) is 1.93. The predicted octanol–water partition coefficient (Wildman–Crippen LogP) is 2.81. The van der Waals surface area contributed by atoms with Gasteiger partial charge in [-0.25, -0.2) is 9.97 Å². The fraction of sp³-hybridized carbons (Fsp3) is 0.538. The van der Waals surface area contributed by atoms with Gasteiger partial charge in [0.05, 0.1) is 5.38 Å². The lowest BCUT2D eigenvalue weighted by molar-refractivity contribution is 0.455. The third-order valence-electron chi connectivity index (χ3n) is 3.55. The number of alkyl halides is 1. The number of nitrogens with zero attached hydrogens (tertiary/aromatic N) is 3. The fourth-order valence-corrected chi connectivity index (χ4v) is 4.06. The molecular weight excluding hydrogens is 282 g/mol. The van der Waals surface area contributed by atoms with Gasteiger partial charge in [0, 0.05) is 34.5 Å². The first-order valence-electron chi connectivity index (χ1n) is 6.48. The van der Waals surface area contributed by atoms with Gasteiger partial charge in [-0.05, 0) is 31.9 Å². The Kier molecular flexibility index (Phi) is 3.58. The van der Waals surface area contributed by atoms with Crippen LogP contribution in [0.5, 0.6) is 0 Å². The Bertz CT molecular complexity index is 615. The second-order valence-corrected chi connectivity index (χ2v) is 7.23. The van der Waals surface area contributed by atoms with Gasteiger partial charge in [0.1, 0.15) is 11.3 Å². The smallest absolute Gasteiger partial charge is 0.160 e. The van der Waals surface area contributed by atoms with E-state index in [9.17, 15) is 4.21 Å². The minimum absolute atomic E-state index is 0.151. The highest BCUT2D eigenvalue weighted by atomic mass is 35.5. The lowest BCUT2D eigenvalue weighted by Gasteiger charge is -2.25. The summed E-state index contributed by atoms with van der Waals surface area (Å²) >= 11 is 6.26. The van der Waals surface area contributed by atoms with Crippen LogP contribution >= 0.6 is 11.6 Å². The SMILES string of the molecule is CC(Cl)c1nc2cccnc2n1C1CCS(=O)CC1. The normalized spacial score (nSPS) is 25.6. The number of hydrogen-bond donors (Lipinski definition) is 0. The van der Waals surface area contributed by atoms with Gasteiger partial charge in [-0.15, -0.1) is 11.6 Å². The van der Waals surface area contributed by atoms with Crippen LogP contribution in [0.4, 0.5) is 0 Å². The van der Waals surface area contributed by atoms with Gasteiger partial charge in [-0.1, -0.05) is 0 Å². The number of halogens is 1. The summed E-state index contributed by atoms with van der Waals surface area (Å²) in [4.78, 5) is 9.04. The molecule has 3 rings (SSSR count). The van der Waals surface area contributed by atoms with Crippen LogP contribution in [-0.4, -0.2) is 30.2 Å². The molecule has 1 saturated heterocycles. The minimum Gasteiger partial charge on any atom is -0.308 e. The molecule has 0 bridgehead atoms. The van der Waals surface area contributed by atoms with Crippen LogP contribution in [0.3, 0.4) is 0 Å². The molecule has 1 fully saturated rings. The van der Waals surface area contributed by atoms with E-state index in [4.69, 9.17) is 11.6 Å². The van der Waals surface area contributed by atoms with Crippen LogP contribution in [0.25, 0.3) is 11.2 Å². The number of imidazole rings is 1. The molecule has 0 spiro atoms. The molecule has 4 nitrogen and oxygen atoms in total. The quantitative estimate of drug-likeness (QED) is 0.801. The Morgan fingerprint density at radius 2 is 2.21 bits per heavy atom. The van der Waals surface area contributed by atoms with Crippen molar-refractivity contribution < 1.29 is 4.21 Å². The monoisotopic (exact) mass is 297 g/mol. The van der Waals surface area contributed by atoms with Crippen molar-refractivity contribution in [2.75, 3.05) is 11.5 Å². The van der Waals surface area contributed by atoms with E-state index in [0.717, 1.165) is 41.3 Å². The highest BCUT2D eigenvalue weighted by Gasteiger charge is 2.25. The Morgan fingerprint density at radius 1 is 1.47 bits per heavy atom. The summed E-state index contributed by atoms with van der Waals surface area (Å²) in [6.07, 6.45) is 3.60. The Balaban J connectivity index is 2.09. The fourth-order valence-electron chi connectivity index (χ4n) is 2.63. The van der Waals surface area contributed by atoms with Crippen LogP contribution in [0, 0.1) is 0 Å². The highest BCUT2D eigenvalue weighted by Crippen LogP contribution is 2.31. The molecule has 2 aromatic rings. The van der Waals surface area contributed by atoms with Crippen LogP contribution in [0.1, 0.15) is 37.0 Å². The van der Waals surface area contributed by atoms with E-state index in [0.29, 0.717) is 6.04 Å². The summed E-state index contributed by atoms with van der Waals surface area (Å²) < 4.78 is 13.7. The van der Waals surface area contributed by atoms with Gasteiger partial charge in [-0.3, -0.25) is 4.21 Å². The third-order valence-corrected chi connectivity index (χ3v) is 5.13. The van der Waals surface area contributed by atoms with Crippen molar-refractivity contribution in [3.63, 3.8) is 0 Å². The lowest BCUT2D eigenvalue weighted by Crippen LogP contribution is -2.23. The molecule has 0 amide bonds. The Labute approximate surface area is 119 Å². The molecular formula is C13H16ClN3OS. The topological polar surface area (TPSA) is 47.8 Å². The van der Waals surface area contributed by atoms with Crippen molar-refractivity contribution in [2.24, 2.45) is 0 Å². The van der Waals surface area contributed by atoms with E-state index in [1.54, 1.807) is 6.20 Å². The highest BCUT2D eigenvalue weighted by molar-refractivity contribution is 7.85. The van der Waals surface area contributed by atoms with Gasteiger partial charge in [0.2, 0.25) is 0 Å². The number of pyridine rings is 1. The van der Waals surface area contributed by atoms with E-state index in [-0.39, 0.29) is 5.38 Å². The third kappa shape index (κ3) is 2.41. The van der Waals surface area contributed by atoms with Gasteiger partial charge in [0.15, 0.2) is 5.65 Å². The zero-order chi connectivity index (χ0) is 13.4. The first-order valence-corrected chi connectivity index (χ1v) is 8.41. The second kappa shape index (κ2) is 5.21. The van der Waals surface area contributed by atoms with Crippen molar-refractivity contribution in [2.45, 2.75) is 31.2 Å². The maximum atomic E-state index is 11.5. The summed E-state index contributed by atoms with van der Waals surface area (Å²) in [5.41, 5.74) is 1.78. The summed E-state index contributed by atoms with van der Waals surface area (Å²) in [5.74, 6) is 2.38. The zero-order valence-corrected chi connectivity index (χ0v) is 12.3. The van der Waals surface area contributed by atoms with E-state index >= 15 is 0 Å². The molecule has 0 saturated carbocycles. The molecule has 0 aromatic carbocycles. The summed E-state index contributed by atoms with van der Waals surface area (Å²) in [7, 11) is -0.661. The molecule has 6 heteroatoms. The average Bonchev–Trinajstić information content (AvgIpc) is 2.79. The van der Waals surface area contributed by atoms with Crippen molar-refractivity contribution in [1.29, 1.82) is 0 Å². The molecule has 0 N–H and O–H groups in total. The van der Waals surface area contributed by atoms with Crippen LogP contribution < -0.4 is 0 Å². The van der Waals surface area contributed by atoms with Crippen LogP contribution in [0.2, 0.25) is 0 Å². The second-order valence-electron chi connectivity index (χ2n) is 4.88. The number of fused-ring (bicyclic) bond motifs is 1. The van der Waals surface area contributed by atoms with Crippen molar-refractivity contribution in [3.05, 3.63) is 24.2 Å². The first-order chi connectivity index (χ1) is 9.16. The lowest BCUT2D eigenvalue weighted by atomic mass is 10.1. The number of hydrogen-bond acceptors (Lipinski definition) is 3. The van der Waals surface area contributed by atoms with Crippen molar-refractivity contribution in [1.82, 2.24) is 14.5 Å². The first kappa shape index (κ1) is 13.1. The zero-order valence-electron chi connectivity index (χ0n) is 10.8. The van der Waals surface area contributed by atoms with E-state index in [2.05, 4.69) is 14.5 Å². The van der Waals surface area contributed by atoms with Crippen molar-refractivity contribution >= 4 is 33.6 Å². The Morgan fingerprint density at radius 3 is 2.89 bits per heavy atom. The van der Waals surface area contributed by atoms with E-state index in [1.807, 2.05) is 19.1 Å². The van der Waals surface area contributed by atoms with Crippen LogP contribution in [-0.2, 0) is 10.8 Å². The van der Waals surface area contributed by atoms with Gasteiger partial charge in [0.25, 0.3) is 0 Å². The molecule has 0 aliphatic carbocycles. The van der Waals surface area contributed by atoms with E-state index in [1.165, 1.54) is 0 Å². The standard InChI is InChI=1S/C13H16ClN3OS/c1-9(14)12-16-11-3-2-6-15-13(11)17(12)10-4-7-19(18)8-5-10/h2-3,6,9-10H,4-5,7-8H2,1H3. The number of rotatable bonds is 2. The molecule has 1 atom stereocenters. The molecule has 2 aromatic heterocycles.